The molecular formula is C18H23N3O2. The Morgan fingerprint density at radius 1 is 1.17 bits per heavy atom. The first-order valence-corrected chi connectivity index (χ1v) is 8.06. The minimum Gasteiger partial charge on any atom is -0.497 e. The molecule has 1 N–H and O–H groups in total. The zero-order valence-corrected chi connectivity index (χ0v) is 13.9. The summed E-state index contributed by atoms with van der Waals surface area (Å²) in [5.41, 5.74) is 1.49. The number of H-pyrrole nitrogens is 1. The van der Waals surface area contributed by atoms with Gasteiger partial charge in [-0.15, -0.1) is 0 Å². The number of methoxy groups -OCH3 is 1. The van der Waals surface area contributed by atoms with Gasteiger partial charge in [0.25, 0.3) is 5.56 Å². The van der Waals surface area contributed by atoms with E-state index in [1.165, 1.54) is 6.42 Å². The minimum atomic E-state index is -0.119. The molecule has 3 rings (SSSR count). The first kappa shape index (κ1) is 15.6. The van der Waals surface area contributed by atoms with Crippen molar-refractivity contribution >= 4 is 5.95 Å². The van der Waals surface area contributed by atoms with E-state index in [0.717, 1.165) is 24.4 Å². The van der Waals surface area contributed by atoms with Gasteiger partial charge in [0, 0.05) is 24.7 Å². The summed E-state index contributed by atoms with van der Waals surface area (Å²) in [5, 5.41) is 0. The molecule has 5 heteroatoms. The van der Waals surface area contributed by atoms with Gasteiger partial charge < -0.3 is 9.64 Å². The van der Waals surface area contributed by atoms with E-state index >= 15 is 0 Å². The summed E-state index contributed by atoms with van der Waals surface area (Å²) in [6.07, 6.45) is 1.22. The lowest BCUT2D eigenvalue weighted by molar-refractivity contribution is 0.353. The van der Waals surface area contributed by atoms with Crippen LogP contribution in [0.15, 0.2) is 35.1 Å². The highest BCUT2D eigenvalue weighted by atomic mass is 16.5. The predicted octanol–water partition coefficient (Wildman–Crippen LogP) is 2.93. The Hall–Kier alpha value is -2.30. The Kier molecular flexibility index (Phi) is 4.37. The van der Waals surface area contributed by atoms with E-state index in [2.05, 4.69) is 28.7 Å². The average Bonchev–Trinajstić information content (AvgIpc) is 2.53. The molecule has 0 bridgehead atoms. The number of hydrogen-bond acceptors (Lipinski definition) is 4. The van der Waals surface area contributed by atoms with E-state index < -0.39 is 0 Å². The normalized spacial score (nSPS) is 21.3. The SMILES string of the molecule is COc1ccc(-c2cc(=O)[nH]c(N3CC(C)CC(C)C3)n2)cc1. The maximum atomic E-state index is 12.1. The molecule has 1 saturated heterocycles. The highest BCUT2D eigenvalue weighted by Crippen LogP contribution is 2.25. The predicted molar refractivity (Wildman–Crippen MR) is 92.0 cm³/mol. The number of aromatic nitrogens is 2. The van der Waals surface area contributed by atoms with E-state index in [4.69, 9.17) is 4.74 Å². The lowest BCUT2D eigenvalue weighted by Gasteiger charge is -2.35. The van der Waals surface area contributed by atoms with E-state index in [1.54, 1.807) is 13.2 Å². The molecule has 1 aliphatic rings. The van der Waals surface area contributed by atoms with Crippen molar-refractivity contribution in [1.82, 2.24) is 9.97 Å². The molecule has 2 atom stereocenters. The summed E-state index contributed by atoms with van der Waals surface area (Å²) >= 11 is 0. The molecule has 5 nitrogen and oxygen atoms in total. The molecule has 0 radical (unpaired) electrons. The Morgan fingerprint density at radius 3 is 2.43 bits per heavy atom. The quantitative estimate of drug-likeness (QED) is 0.946. The zero-order chi connectivity index (χ0) is 16.4. The van der Waals surface area contributed by atoms with Crippen molar-refractivity contribution in [3.05, 3.63) is 40.7 Å². The fraction of sp³-hybridized carbons (Fsp3) is 0.444. The number of ether oxygens (including phenoxy) is 1. The first-order chi connectivity index (χ1) is 11.0. The van der Waals surface area contributed by atoms with Crippen molar-refractivity contribution in [2.24, 2.45) is 11.8 Å². The highest BCUT2D eigenvalue weighted by Gasteiger charge is 2.23. The Bertz CT molecular complexity index is 714. The fourth-order valence-corrected chi connectivity index (χ4v) is 3.34. The third-order valence-corrected chi connectivity index (χ3v) is 4.28. The summed E-state index contributed by atoms with van der Waals surface area (Å²) < 4.78 is 5.17. The number of nitrogens with one attached hydrogen (secondary N) is 1. The van der Waals surface area contributed by atoms with Crippen LogP contribution in [0.5, 0.6) is 5.75 Å². The largest absolute Gasteiger partial charge is 0.497 e. The van der Waals surface area contributed by atoms with E-state index in [-0.39, 0.29) is 5.56 Å². The third kappa shape index (κ3) is 3.55. The van der Waals surface area contributed by atoms with Crippen LogP contribution in [-0.4, -0.2) is 30.2 Å². The third-order valence-electron chi connectivity index (χ3n) is 4.28. The standard InChI is InChI=1S/C18H23N3O2/c1-12-8-13(2)11-21(10-12)18-19-16(9-17(22)20-18)14-4-6-15(23-3)7-5-14/h4-7,9,12-13H,8,10-11H2,1-3H3,(H,19,20,22). The van der Waals surface area contributed by atoms with Crippen LogP contribution in [0, 0.1) is 11.8 Å². The van der Waals surface area contributed by atoms with E-state index in [1.807, 2.05) is 24.3 Å². The summed E-state index contributed by atoms with van der Waals surface area (Å²) in [7, 11) is 1.64. The van der Waals surface area contributed by atoms with Crippen LogP contribution in [0.2, 0.25) is 0 Å². The molecule has 122 valence electrons. The van der Waals surface area contributed by atoms with Crippen LogP contribution in [0.25, 0.3) is 11.3 Å². The minimum absolute atomic E-state index is 0.119. The van der Waals surface area contributed by atoms with Crippen molar-refractivity contribution in [3.63, 3.8) is 0 Å². The maximum Gasteiger partial charge on any atom is 0.252 e. The Morgan fingerprint density at radius 2 is 1.83 bits per heavy atom. The number of aromatic amines is 1. The van der Waals surface area contributed by atoms with Gasteiger partial charge in [-0.3, -0.25) is 9.78 Å². The van der Waals surface area contributed by atoms with Crippen molar-refractivity contribution in [3.8, 4) is 17.0 Å². The van der Waals surface area contributed by atoms with Crippen LogP contribution < -0.4 is 15.2 Å². The summed E-state index contributed by atoms with van der Waals surface area (Å²) in [4.78, 5) is 21.8. The van der Waals surface area contributed by atoms with Crippen molar-refractivity contribution in [2.45, 2.75) is 20.3 Å². The van der Waals surface area contributed by atoms with Gasteiger partial charge in [0.1, 0.15) is 5.75 Å². The number of hydrogen-bond donors (Lipinski definition) is 1. The molecule has 0 spiro atoms. The first-order valence-electron chi connectivity index (χ1n) is 8.06. The lowest BCUT2D eigenvalue weighted by Crippen LogP contribution is -2.40. The summed E-state index contributed by atoms with van der Waals surface area (Å²) in [6.45, 7) is 6.35. The van der Waals surface area contributed by atoms with Crippen LogP contribution in [-0.2, 0) is 0 Å². The molecule has 1 aromatic heterocycles. The van der Waals surface area contributed by atoms with Crippen molar-refractivity contribution in [1.29, 1.82) is 0 Å². The van der Waals surface area contributed by atoms with Gasteiger partial charge in [0.15, 0.2) is 0 Å². The van der Waals surface area contributed by atoms with Crippen LogP contribution in [0.4, 0.5) is 5.95 Å². The molecule has 1 aromatic carbocycles. The van der Waals surface area contributed by atoms with Crippen LogP contribution in [0.1, 0.15) is 20.3 Å². The summed E-state index contributed by atoms with van der Waals surface area (Å²) in [6, 6.07) is 9.14. The van der Waals surface area contributed by atoms with Gasteiger partial charge in [-0.25, -0.2) is 4.98 Å². The zero-order valence-electron chi connectivity index (χ0n) is 13.9. The summed E-state index contributed by atoms with van der Waals surface area (Å²) in [5.74, 6) is 2.67. The van der Waals surface area contributed by atoms with Crippen molar-refractivity contribution in [2.75, 3.05) is 25.1 Å². The number of nitrogens with zero attached hydrogens (tertiary/aromatic N) is 2. The number of benzene rings is 1. The van der Waals surface area contributed by atoms with Crippen molar-refractivity contribution < 1.29 is 4.74 Å². The average molecular weight is 313 g/mol. The molecule has 1 fully saturated rings. The Labute approximate surface area is 136 Å². The van der Waals surface area contributed by atoms with Crippen LogP contribution >= 0.6 is 0 Å². The van der Waals surface area contributed by atoms with Gasteiger partial charge in [0.2, 0.25) is 5.95 Å². The molecule has 2 aromatic rings. The van der Waals surface area contributed by atoms with Gasteiger partial charge in [-0.2, -0.15) is 0 Å². The molecule has 1 aliphatic heterocycles. The Balaban J connectivity index is 1.93. The topological polar surface area (TPSA) is 58.2 Å². The molecule has 0 aliphatic carbocycles. The fourth-order valence-electron chi connectivity index (χ4n) is 3.34. The van der Waals surface area contributed by atoms with E-state index in [9.17, 15) is 4.79 Å². The molecule has 2 unspecified atom stereocenters. The van der Waals surface area contributed by atoms with Gasteiger partial charge in [-0.1, -0.05) is 13.8 Å². The molecule has 23 heavy (non-hydrogen) atoms. The maximum absolute atomic E-state index is 12.1. The molecule has 0 amide bonds. The lowest BCUT2D eigenvalue weighted by atomic mass is 9.92. The van der Waals surface area contributed by atoms with Gasteiger partial charge in [-0.05, 0) is 42.5 Å². The van der Waals surface area contributed by atoms with Gasteiger partial charge in [0.05, 0.1) is 12.8 Å². The number of piperidine rings is 1. The second-order valence-electron chi connectivity index (χ2n) is 6.53. The molecular weight excluding hydrogens is 290 g/mol. The van der Waals surface area contributed by atoms with Gasteiger partial charge >= 0.3 is 0 Å². The second kappa shape index (κ2) is 6.44. The smallest absolute Gasteiger partial charge is 0.252 e. The second-order valence-corrected chi connectivity index (χ2v) is 6.53. The highest BCUT2D eigenvalue weighted by molar-refractivity contribution is 5.61. The number of anilines is 1. The monoisotopic (exact) mass is 313 g/mol. The number of rotatable bonds is 3. The van der Waals surface area contributed by atoms with Crippen LogP contribution in [0.3, 0.4) is 0 Å². The molecule has 2 heterocycles. The molecule has 0 saturated carbocycles. The van der Waals surface area contributed by atoms with E-state index in [0.29, 0.717) is 23.5 Å².